The van der Waals surface area contributed by atoms with Crippen LogP contribution in [0.15, 0.2) is 24.5 Å². The molecule has 0 aliphatic heterocycles. The van der Waals surface area contributed by atoms with Gasteiger partial charge >= 0.3 is 0 Å². The number of nitrogens with zero attached hydrogens (tertiary/aromatic N) is 1. The van der Waals surface area contributed by atoms with E-state index in [0.29, 0.717) is 0 Å². The van der Waals surface area contributed by atoms with Crippen LogP contribution < -0.4 is 4.57 Å². The zero-order chi connectivity index (χ0) is 7.40. The van der Waals surface area contributed by atoms with Crippen LogP contribution in [0.2, 0.25) is 0 Å². The maximum atomic E-state index is 2.39. The molecular weight excluding hydrogens is 237 g/mol. The molecule has 0 N–H and O–H groups in total. The van der Waals surface area contributed by atoms with E-state index in [0.717, 1.165) is 0 Å². The number of pyridine rings is 1. The number of aromatic nitrogens is 1. The predicted octanol–water partition coefficient (Wildman–Crippen LogP) is 1.49. The lowest BCUT2D eigenvalue weighted by Gasteiger charge is -1.92. The molecule has 1 aromatic heterocycles. The van der Waals surface area contributed by atoms with Gasteiger partial charge in [-0.1, -0.05) is 22.6 Å². The summed E-state index contributed by atoms with van der Waals surface area (Å²) in [6.45, 7) is 0. The molecule has 1 heterocycles. The Morgan fingerprint density at radius 1 is 1.40 bits per heavy atom. The van der Waals surface area contributed by atoms with Crippen molar-refractivity contribution < 1.29 is 4.57 Å². The molecule has 0 spiro atoms. The van der Waals surface area contributed by atoms with E-state index in [-0.39, 0.29) is 0 Å². The Balaban J connectivity index is 2.69. The smallest absolute Gasteiger partial charge is 0.168 e. The van der Waals surface area contributed by atoms with E-state index < -0.39 is 0 Å². The van der Waals surface area contributed by atoms with Crippen LogP contribution in [-0.2, 0) is 13.5 Å². The highest BCUT2D eigenvalue weighted by molar-refractivity contribution is 14.1. The average molecular weight is 248 g/mol. The van der Waals surface area contributed by atoms with Crippen LogP contribution in [0.3, 0.4) is 0 Å². The van der Waals surface area contributed by atoms with Crippen LogP contribution in [0.4, 0.5) is 0 Å². The largest absolute Gasteiger partial charge is 0.208 e. The zero-order valence-electron chi connectivity index (χ0n) is 6.05. The van der Waals surface area contributed by atoms with E-state index in [1.54, 1.807) is 0 Å². The molecule has 0 aliphatic carbocycles. The Morgan fingerprint density at radius 3 is 2.50 bits per heavy atom. The Hall–Kier alpha value is -0.120. The number of halogens is 1. The van der Waals surface area contributed by atoms with Crippen LogP contribution in [0.1, 0.15) is 5.56 Å². The van der Waals surface area contributed by atoms with Crippen LogP contribution in [-0.4, -0.2) is 4.43 Å². The maximum absolute atomic E-state index is 2.39. The van der Waals surface area contributed by atoms with Crippen molar-refractivity contribution in [1.29, 1.82) is 0 Å². The van der Waals surface area contributed by atoms with Gasteiger partial charge in [0, 0.05) is 16.6 Å². The second-order valence-electron chi connectivity index (χ2n) is 2.31. The normalized spacial score (nSPS) is 9.80. The van der Waals surface area contributed by atoms with Gasteiger partial charge < -0.3 is 0 Å². The molecule has 0 aliphatic rings. The molecule has 0 saturated heterocycles. The number of rotatable bonds is 2. The second kappa shape index (κ2) is 3.91. The number of aryl methyl sites for hydroxylation is 2. The summed E-state index contributed by atoms with van der Waals surface area (Å²) < 4.78 is 3.25. The van der Waals surface area contributed by atoms with Gasteiger partial charge in [0.15, 0.2) is 12.4 Å². The quantitative estimate of drug-likeness (QED) is 0.424. The molecule has 0 atom stereocenters. The molecule has 0 amide bonds. The fourth-order valence-corrected chi connectivity index (χ4v) is 1.43. The van der Waals surface area contributed by atoms with E-state index in [1.165, 1.54) is 16.4 Å². The van der Waals surface area contributed by atoms with Gasteiger partial charge in [-0.25, -0.2) is 4.57 Å². The van der Waals surface area contributed by atoms with Crippen molar-refractivity contribution in [3.8, 4) is 0 Å². The van der Waals surface area contributed by atoms with Crippen molar-refractivity contribution in [2.75, 3.05) is 4.43 Å². The molecule has 0 fully saturated rings. The molecule has 1 rings (SSSR count). The van der Waals surface area contributed by atoms with Gasteiger partial charge in [0.05, 0.1) is 0 Å². The van der Waals surface area contributed by atoms with Gasteiger partial charge in [0.1, 0.15) is 7.05 Å². The summed E-state index contributed by atoms with van der Waals surface area (Å²) in [6, 6.07) is 4.33. The first kappa shape index (κ1) is 7.98. The summed E-state index contributed by atoms with van der Waals surface area (Å²) in [5.74, 6) is 0. The van der Waals surface area contributed by atoms with Crippen LogP contribution in [0, 0.1) is 0 Å². The van der Waals surface area contributed by atoms with Crippen molar-refractivity contribution in [1.82, 2.24) is 0 Å². The fraction of sp³-hybridized carbons (Fsp3) is 0.375. The van der Waals surface area contributed by atoms with Gasteiger partial charge in [0.25, 0.3) is 0 Å². The molecule has 10 heavy (non-hydrogen) atoms. The third-order valence-corrected chi connectivity index (χ3v) is 1.97. The molecule has 0 saturated carbocycles. The minimum Gasteiger partial charge on any atom is -0.208 e. The first-order valence-electron chi connectivity index (χ1n) is 3.33. The highest BCUT2D eigenvalue weighted by atomic mass is 127. The molecule has 0 aromatic carbocycles. The molecular formula is C8H11IN+. The van der Waals surface area contributed by atoms with Gasteiger partial charge in [-0.15, -0.1) is 0 Å². The lowest BCUT2D eigenvalue weighted by atomic mass is 10.2. The van der Waals surface area contributed by atoms with Crippen LogP contribution in [0.25, 0.3) is 0 Å². The van der Waals surface area contributed by atoms with Crippen LogP contribution >= 0.6 is 22.6 Å². The third-order valence-electron chi connectivity index (χ3n) is 1.43. The fourth-order valence-electron chi connectivity index (χ4n) is 0.808. The van der Waals surface area contributed by atoms with Crippen molar-refractivity contribution in [3.05, 3.63) is 30.1 Å². The van der Waals surface area contributed by atoms with Crippen molar-refractivity contribution in [2.45, 2.75) is 6.42 Å². The van der Waals surface area contributed by atoms with Gasteiger partial charge in [-0.2, -0.15) is 0 Å². The second-order valence-corrected chi connectivity index (χ2v) is 3.39. The highest BCUT2D eigenvalue weighted by Crippen LogP contribution is 1.98. The predicted molar refractivity (Wildman–Crippen MR) is 50.2 cm³/mol. The molecule has 0 bridgehead atoms. The molecule has 1 aromatic rings. The van der Waals surface area contributed by atoms with Crippen molar-refractivity contribution in [3.63, 3.8) is 0 Å². The Labute approximate surface area is 75.2 Å². The molecule has 54 valence electrons. The first-order chi connectivity index (χ1) is 4.83. The first-order valence-corrected chi connectivity index (χ1v) is 4.85. The summed E-state index contributed by atoms with van der Waals surface area (Å²) >= 11 is 2.39. The lowest BCUT2D eigenvalue weighted by Crippen LogP contribution is -2.25. The van der Waals surface area contributed by atoms with Gasteiger partial charge in [-0.3, -0.25) is 0 Å². The molecule has 0 unspecified atom stereocenters. The molecule has 1 nitrogen and oxygen atoms in total. The van der Waals surface area contributed by atoms with E-state index in [4.69, 9.17) is 0 Å². The van der Waals surface area contributed by atoms with E-state index in [2.05, 4.69) is 51.7 Å². The zero-order valence-corrected chi connectivity index (χ0v) is 8.21. The summed E-state index contributed by atoms with van der Waals surface area (Å²) in [5, 5.41) is 0. The molecule has 2 heteroatoms. The topological polar surface area (TPSA) is 3.88 Å². The summed E-state index contributed by atoms with van der Waals surface area (Å²) in [5.41, 5.74) is 1.42. The average Bonchev–Trinajstić information content (AvgIpc) is 1.95. The summed E-state index contributed by atoms with van der Waals surface area (Å²) in [7, 11) is 2.04. The Bertz CT molecular complexity index is 193. The Kier molecular flexibility index (Phi) is 3.12. The minimum absolute atomic E-state index is 1.18. The number of hydrogen-bond donors (Lipinski definition) is 0. The standard InChI is InChI=1S/C8H11IN/c1-10-6-3-8(2-5-9)4-7-10/h3-4,6-7H,2,5H2,1H3/q+1. The third kappa shape index (κ3) is 2.25. The van der Waals surface area contributed by atoms with E-state index in [9.17, 15) is 0 Å². The lowest BCUT2D eigenvalue weighted by molar-refractivity contribution is -0.671. The number of alkyl halides is 1. The van der Waals surface area contributed by atoms with Gasteiger partial charge in [0.2, 0.25) is 0 Å². The highest BCUT2D eigenvalue weighted by Gasteiger charge is 1.92. The van der Waals surface area contributed by atoms with Gasteiger partial charge in [-0.05, 0) is 12.0 Å². The monoisotopic (exact) mass is 248 g/mol. The molecule has 0 radical (unpaired) electrons. The van der Waals surface area contributed by atoms with E-state index >= 15 is 0 Å². The minimum atomic E-state index is 1.18. The summed E-state index contributed by atoms with van der Waals surface area (Å²) in [6.07, 6.45) is 5.35. The SMILES string of the molecule is C[n+]1ccc(CCI)cc1. The summed E-state index contributed by atoms with van der Waals surface area (Å²) in [4.78, 5) is 0. The van der Waals surface area contributed by atoms with Crippen molar-refractivity contribution in [2.24, 2.45) is 7.05 Å². The maximum Gasteiger partial charge on any atom is 0.168 e. The number of hydrogen-bond acceptors (Lipinski definition) is 0. The van der Waals surface area contributed by atoms with Crippen LogP contribution in [0.5, 0.6) is 0 Å². The van der Waals surface area contributed by atoms with Crippen molar-refractivity contribution >= 4 is 22.6 Å². The van der Waals surface area contributed by atoms with E-state index in [1.807, 2.05) is 7.05 Å². The Morgan fingerprint density at radius 2 is 2.00 bits per heavy atom.